The van der Waals surface area contributed by atoms with E-state index in [1.54, 1.807) is 20.8 Å². The Morgan fingerprint density at radius 1 is 1.41 bits per heavy atom. The fourth-order valence-electron chi connectivity index (χ4n) is 2.83. The molecule has 1 amide bonds. The zero-order chi connectivity index (χ0) is 12.8. The predicted octanol–water partition coefficient (Wildman–Crippen LogP) is 1.86. The number of ether oxygens (including phenoxy) is 1. The average molecular weight is 241 g/mol. The molecule has 1 heterocycles. The molecule has 96 valence electrons. The van der Waals surface area contributed by atoms with Gasteiger partial charge in [-0.1, -0.05) is 0 Å². The summed E-state index contributed by atoms with van der Waals surface area (Å²) in [6, 6.07) is 0. The topological polar surface area (TPSA) is 66.8 Å². The number of rotatable bonds is 1. The molecule has 2 aliphatic rings. The van der Waals surface area contributed by atoms with Crippen molar-refractivity contribution in [1.29, 1.82) is 0 Å². The van der Waals surface area contributed by atoms with E-state index >= 15 is 0 Å². The number of amides is 1. The van der Waals surface area contributed by atoms with Gasteiger partial charge in [-0.05, 0) is 46.0 Å². The lowest BCUT2D eigenvalue weighted by Gasteiger charge is -2.36. The van der Waals surface area contributed by atoms with Crippen LogP contribution >= 0.6 is 0 Å². The maximum Gasteiger partial charge on any atom is 0.411 e. The van der Waals surface area contributed by atoms with Gasteiger partial charge in [-0.2, -0.15) is 0 Å². The molecule has 2 rings (SSSR count). The van der Waals surface area contributed by atoms with Crippen molar-refractivity contribution in [2.75, 3.05) is 6.54 Å². The van der Waals surface area contributed by atoms with Crippen LogP contribution in [-0.2, 0) is 9.53 Å². The molecule has 5 heteroatoms. The number of carbonyl (C=O) groups is 2. The second-order valence-electron chi connectivity index (χ2n) is 6.04. The standard InChI is InChI=1S/C12H19NO4/c1-11(2,3)17-10(16)13-7-8-4-5-12(13,6-8)9(14)15/h8H,4-7H2,1-3H3,(H,14,15)/t8?,12-/m1/s1. The monoisotopic (exact) mass is 241 g/mol. The third-order valence-electron chi connectivity index (χ3n) is 3.56. The number of carboxylic acid groups (broad SMARTS) is 1. The molecule has 5 nitrogen and oxygen atoms in total. The first-order chi connectivity index (χ1) is 7.74. The molecular weight excluding hydrogens is 222 g/mol. The molecule has 1 N–H and O–H groups in total. The van der Waals surface area contributed by atoms with Crippen molar-refractivity contribution >= 4 is 12.1 Å². The Labute approximate surface area is 101 Å². The molecule has 2 bridgehead atoms. The Morgan fingerprint density at radius 2 is 2.06 bits per heavy atom. The van der Waals surface area contributed by atoms with Crippen LogP contribution in [0, 0.1) is 5.92 Å². The van der Waals surface area contributed by atoms with Gasteiger partial charge < -0.3 is 9.84 Å². The van der Waals surface area contributed by atoms with E-state index in [0.717, 1.165) is 6.42 Å². The third-order valence-corrected chi connectivity index (χ3v) is 3.56. The number of likely N-dealkylation sites (tertiary alicyclic amines) is 1. The minimum Gasteiger partial charge on any atom is -0.479 e. The van der Waals surface area contributed by atoms with Crippen molar-refractivity contribution in [2.24, 2.45) is 5.92 Å². The van der Waals surface area contributed by atoms with Gasteiger partial charge in [0, 0.05) is 6.54 Å². The fraction of sp³-hybridized carbons (Fsp3) is 0.833. The lowest BCUT2D eigenvalue weighted by Crippen LogP contribution is -2.54. The first-order valence-electron chi connectivity index (χ1n) is 5.99. The summed E-state index contributed by atoms with van der Waals surface area (Å²) in [4.78, 5) is 24.8. The normalized spacial score (nSPS) is 31.7. The van der Waals surface area contributed by atoms with Crippen LogP contribution in [0.15, 0.2) is 0 Å². The Hall–Kier alpha value is -1.26. The minimum absolute atomic E-state index is 0.318. The molecule has 0 radical (unpaired) electrons. The highest BCUT2D eigenvalue weighted by atomic mass is 16.6. The summed E-state index contributed by atoms with van der Waals surface area (Å²) in [5, 5.41) is 9.36. The summed E-state index contributed by atoms with van der Waals surface area (Å²) in [7, 11) is 0. The van der Waals surface area contributed by atoms with Crippen molar-refractivity contribution in [2.45, 2.75) is 51.2 Å². The quantitative estimate of drug-likeness (QED) is 0.761. The second kappa shape index (κ2) is 3.62. The van der Waals surface area contributed by atoms with Crippen molar-refractivity contribution in [3.8, 4) is 0 Å². The Morgan fingerprint density at radius 3 is 2.53 bits per heavy atom. The van der Waals surface area contributed by atoms with E-state index in [-0.39, 0.29) is 0 Å². The summed E-state index contributed by atoms with van der Waals surface area (Å²) in [6.45, 7) is 5.87. The van der Waals surface area contributed by atoms with Crippen LogP contribution in [0.25, 0.3) is 0 Å². The van der Waals surface area contributed by atoms with Crippen LogP contribution in [0.3, 0.4) is 0 Å². The van der Waals surface area contributed by atoms with Gasteiger partial charge in [-0.15, -0.1) is 0 Å². The summed E-state index contributed by atoms with van der Waals surface area (Å²) in [5.41, 5.74) is -1.59. The fourth-order valence-corrected chi connectivity index (χ4v) is 2.83. The highest BCUT2D eigenvalue weighted by molar-refractivity contribution is 5.86. The van der Waals surface area contributed by atoms with E-state index in [0.29, 0.717) is 25.3 Å². The SMILES string of the molecule is CC(C)(C)OC(=O)N1CC2CC[C@]1(C(=O)O)C2. The molecule has 1 aliphatic carbocycles. The number of nitrogens with zero attached hydrogens (tertiary/aromatic N) is 1. The van der Waals surface area contributed by atoms with Gasteiger partial charge in [0.1, 0.15) is 11.1 Å². The Balaban J connectivity index is 2.17. The lowest BCUT2D eigenvalue weighted by atomic mass is 9.98. The molecule has 0 aromatic carbocycles. The molecule has 1 unspecified atom stereocenters. The zero-order valence-corrected chi connectivity index (χ0v) is 10.5. The number of piperidine rings is 1. The van der Waals surface area contributed by atoms with Crippen molar-refractivity contribution in [1.82, 2.24) is 4.90 Å². The smallest absolute Gasteiger partial charge is 0.411 e. The minimum atomic E-state index is -1.01. The predicted molar refractivity (Wildman–Crippen MR) is 60.6 cm³/mol. The van der Waals surface area contributed by atoms with Gasteiger partial charge in [0.15, 0.2) is 0 Å². The number of fused-ring (bicyclic) bond motifs is 2. The Kier molecular flexibility index (Phi) is 2.60. The third kappa shape index (κ3) is 1.98. The van der Waals surface area contributed by atoms with E-state index in [9.17, 15) is 14.7 Å². The first kappa shape index (κ1) is 12.2. The largest absolute Gasteiger partial charge is 0.479 e. The van der Waals surface area contributed by atoms with Gasteiger partial charge >= 0.3 is 12.1 Å². The molecule has 0 aromatic rings. The Bertz CT molecular complexity index is 360. The highest BCUT2D eigenvalue weighted by Gasteiger charge is 2.58. The summed E-state index contributed by atoms with van der Waals surface area (Å²) in [6.07, 6.45) is 1.52. The number of hydrogen-bond donors (Lipinski definition) is 1. The van der Waals surface area contributed by atoms with E-state index in [4.69, 9.17) is 4.74 Å². The zero-order valence-electron chi connectivity index (χ0n) is 10.5. The summed E-state index contributed by atoms with van der Waals surface area (Å²) >= 11 is 0. The molecule has 2 fully saturated rings. The molecule has 17 heavy (non-hydrogen) atoms. The number of aliphatic carboxylic acids is 1. The van der Waals surface area contributed by atoms with Crippen molar-refractivity contribution in [3.05, 3.63) is 0 Å². The van der Waals surface area contributed by atoms with E-state index < -0.39 is 23.2 Å². The number of carboxylic acids is 1. The van der Waals surface area contributed by atoms with Crippen LogP contribution in [0.4, 0.5) is 4.79 Å². The maximum absolute atomic E-state index is 12.0. The molecule has 2 atom stereocenters. The van der Waals surface area contributed by atoms with E-state index in [1.165, 1.54) is 4.90 Å². The van der Waals surface area contributed by atoms with Crippen molar-refractivity contribution < 1.29 is 19.4 Å². The van der Waals surface area contributed by atoms with Gasteiger partial charge in [-0.3, -0.25) is 4.90 Å². The van der Waals surface area contributed by atoms with Gasteiger partial charge in [-0.25, -0.2) is 9.59 Å². The molecule has 0 spiro atoms. The number of carbonyl (C=O) groups excluding carboxylic acids is 1. The molecule has 0 aromatic heterocycles. The van der Waals surface area contributed by atoms with Crippen LogP contribution in [0.2, 0.25) is 0 Å². The number of hydrogen-bond acceptors (Lipinski definition) is 3. The lowest BCUT2D eigenvalue weighted by molar-refractivity contribution is -0.149. The van der Waals surface area contributed by atoms with Crippen LogP contribution in [0.1, 0.15) is 40.0 Å². The van der Waals surface area contributed by atoms with Gasteiger partial charge in [0.2, 0.25) is 0 Å². The second-order valence-corrected chi connectivity index (χ2v) is 6.04. The highest BCUT2D eigenvalue weighted by Crippen LogP contribution is 2.47. The molecule has 1 saturated heterocycles. The molecule has 1 saturated carbocycles. The van der Waals surface area contributed by atoms with Crippen LogP contribution in [-0.4, -0.2) is 39.8 Å². The molecular formula is C12H19NO4. The van der Waals surface area contributed by atoms with Gasteiger partial charge in [0.05, 0.1) is 0 Å². The van der Waals surface area contributed by atoms with Gasteiger partial charge in [0.25, 0.3) is 0 Å². The molecule has 1 aliphatic heterocycles. The van der Waals surface area contributed by atoms with E-state index in [2.05, 4.69) is 0 Å². The average Bonchev–Trinajstić information content (AvgIpc) is 2.72. The van der Waals surface area contributed by atoms with Crippen LogP contribution < -0.4 is 0 Å². The maximum atomic E-state index is 12.0. The van der Waals surface area contributed by atoms with Crippen molar-refractivity contribution in [3.63, 3.8) is 0 Å². The summed E-state index contributed by atoms with van der Waals surface area (Å²) < 4.78 is 5.27. The van der Waals surface area contributed by atoms with E-state index in [1.807, 2.05) is 0 Å². The first-order valence-corrected chi connectivity index (χ1v) is 5.99. The van der Waals surface area contributed by atoms with Crippen LogP contribution in [0.5, 0.6) is 0 Å². The summed E-state index contributed by atoms with van der Waals surface area (Å²) in [5.74, 6) is -0.582.